The van der Waals surface area contributed by atoms with Crippen LogP contribution in [0.15, 0.2) is 86.0 Å². The number of likely N-dealkylation sites (N-methyl/N-ethyl adjacent to an activating group) is 1. The first-order valence-electron chi connectivity index (χ1n) is 14.4. The van der Waals surface area contributed by atoms with Crippen LogP contribution < -0.4 is 0 Å². The average Bonchev–Trinajstić information content (AvgIpc) is 3.59. The fraction of sp³-hybridized carbons (Fsp3) is 0.424. The number of rotatable bonds is 12. The number of likely N-dealkylation sites (tertiary alicyclic amines) is 1. The number of alkyl halides is 1. The SMILES string of the molecule is C=CCN(C)C(=O)[C@H]1[C@H]2C(=O)N([C@@H](CO)Cc3ccccc3)C(C(=O)N(CC=C)Cc3ccccc3)C23CC(Br)[C@@H]1O3. The lowest BCUT2D eigenvalue weighted by molar-refractivity contribution is -0.152. The van der Waals surface area contributed by atoms with E-state index in [1.165, 1.54) is 4.90 Å². The van der Waals surface area contributed by atoms with E-state index in [1.54, 1.807) is 29.0 Å². The third kappa shape index (κ3) is 5.23. The molecule has 3 aliphatic rings. The number of benzene rings is 2. The van der Waals surface area contributed by atoms with Gasteiger partial charge in [0.25, 0.3) is 0 Å². The van der Waals surface area contributed by atoms with E-state index < -0.39 is 35.6 Å². The number of hydrogen-bond donors (Lipinski definition) is 1. The van der Waals surface area contributed by atoms with Crippen molar-refractivity contribution in [2.75, 3.05) is 26.7 Å². The minimum Gasteiger partial charge on any atom is -0.394 e. The molecule has 0 radical (unpaired) electrons. The van der Waals surface area contributed by atoms with Crippen LogP contribution in [0.2, 0.25) is 0 Å². The van der Waals surface area contributed by atoms with Crippen molar-refractivity contribution in [3.8, 4) is 0 Å². The Morgan fingerprint density at radius 2 is 1.69 bits per heavy atom. The normalized spacial score (nSPS) is 28.3. The van der Waals surface area contributed by atoms with Gasteiger partial charge in [0.1, 0.15) is 11.6 Å². The molecule has 0 saturated carbocycles. The number of nitrogens with zero attached hydrogens (tertiary/aromatic N) is 3. The van der Waals surface area contributed by atoms with Crippen molar-refractivity contribution in [1.29, 1.82) is 0 Å². The lowest BCUT2D eigenvalue weighted by atomic mass is 9.70. The van der Waals surface area contributed by atoms with E-state index in [2.05, 4.69) is 29.1 Å². The number of fused-ring (bicyclic) bond motifs is 1. The highest BCUT2D eigenvalue weighted by atomic mass is 79.9. The summed E-state index contributed by atoms with van der Waals surface area (Å²) in [6, 6.07) is 17.5. The monoisotopic (exact) mass is 635 g/mol. The summed E-state index contributed by atoms with van der Waals surface area (Å²) in [5, 5.41) is 10.7. The molecule has 3 fully saturated rings. The molecule has 2 bridgehead atoms. The van der Waals surface area contributed by atoms with Crippen molar-refractivity contribution < 1.29 is 24.2 Å². The molecule has 3 unspecified atom stereocenters. The minimum atomic E-state index is -1.22. The smallest absolute Gasteiger partial charge is 0.249 e. The summed E-state index contributed by atoms with van der Waals surface area (Å²) in [5.74, 6) is -2.44. The van der Waals surface area contributed by atoms with Gasteiger partial charge in [0.05, 0.1) is 30.6 Å². The van der Waals surface area contributed by atoms with E-state index in [0.717, 1.165) is 11.1 Å². The molecule has 8 nitrogen and oxygen atoms in total. The third-order valence-corrected chi connectivity index (χ3v) is 9.67. The Bertz CT molecular complexity index is 1320. The maximum Gasteiger partial charge on any atom is 0.249 e. The van der Waals surface area contributed by atoms with Crippen LogP contribution in [0.4, 0.5) is 0 Å². The molecule has 7 atom stereocenters. The number of hydrogen-bond acceptors (Lipinski definition) is 5. The molecule has 3 heterocycles. The van der Waals surface area contributed by atoms with Crippen LogP contribution in [-0.4, -0.2) is 92.9 Å². The fourth-order valence-corrected chi connectivity index (χ4v) is 8.01. The Hall–Kier alpha value is -3.27. The molecule has 222 valence electrons. The summed E-state index contributed by atoms with van der Waals surface area (Å²) in [7, 11) is 1.68. The summed E-state index contributed by atoms with van der Waals surface area (Å²) in [6.07, 6.45) is 3.50. The van der Waals surface area contributed by atoms with Crippen LogP contribution in [0.5, 0.6) is 0 Å². The molecule has 5 rings (SSSR count). The Morgan fingerprint density at radius 3 is 2.29 bits per heavy atom. The molecular weight excluding hydrogens is 598 g/mol. The summed E-state index contributed by atoms with van der Waals surface area (Å²) in [6.45, 7) is 8.19. The zero-order valence-electron chi connectivity index (χ0n) is 23.8. The lowest BCUT2D eigenvalue weighted by Crippen LogP contribution is -2.59. The van der Waals surface area contributed by atoms with Gasteiger partial charge in [-0.2, -0.15) is 0 Å². The predicted molar refractivity (Wildman–Crippen MR) is 163 cm³/mol. The molecule has 9 heteroatoms. The molecule has 1 N–H and O–H groups in total. The van der Waals surface area contributed by atoms with Crippen LogP contribution >= 0.6 is 15.9 Å². The number of ether oxygens (including phenoxy) is 1. The molecule has 0 aliphatic carbocycles. The fourth-order valence-electron chi connectivity index (χ4n) is 7.06. The molecule has 3 amide bonds. The van der Waals surface area contributed by atoms with Gasteiger partial charge in [-0.05, 0) is 24.0 Å². The van der Waals surface area contributed by atoms with Crippen LogP contribution in [-0.2, 0) is 32.1 Å². The van der Waals surface area contributed by atoms with Gasteiger partial charge in [0.15, 0.2) is 0 Å². The quantitative estimate of drug-likeness (QED) is 0.286. The second kappa shape index (κ2) is 12.5. The summed E-state index contributed by atoms with van der Waals surface area (Å²) in [5.41, 5.74) is 0.650. The Balaban J connectivity index is 1.59. The highest BCUT2D eigenvalue weighted by Crippen LogP contribution is 2.60. The summed E-state index contributed by atoms with van der Waals surface area (Å²) >= 11 is 3.73. The zero-order chi connectivity index (χ0) is 30.0. The van der Waals surface area contributed by atoms with E-state index in [-0.39, 0.29) is 35.7 Å². The van der Waals surface area contributed by atoms with E-state index in [0.29, 0.717) is 25.9 Å². The van der Waals surface area contributed by atoms with Crippen LogP contribution in [0.1, 0.15) is 17.5 Å². The van der Waals surface area contributed by atoms with Gasteiger partial charge in [-0.25, -0.2) is 0 Å². The van der Waals surface area contributed by atoms with Gasteiger partial charge >= 0.3 is 0 Å². The van der Waals surface area contributed by atoms with Crippen molar-refractivity contribution in [3.05, 3.63) is 97.1 Å². The number of halogens is 1. The number of aliphatic hydroxyl groups excluding tert-OH is 1. The number of carbonyl (C=O) groups excluding carboxylic acids is 3. The molecule has 1 spiro atoms. The lowest BCUT2D eigenvalue weighted by Gasteiger charge is -2.39. The zero-order valence-corrected chi connectivity index (χ0v) is 25.4. The van der Waals surface area contributed by atoms with Crippen molar-refractivity contribution in [1.82, 2.24) is 14.7 Å². The second-order valence-corrected chi connectivity index (χ2v) is 12.6. The van der Waals surface area contributed by atoms with Crippen LogP contribution in [0.3, 0.4) is 0 Å². The Morgan fingerprint density at radius 1 is 1.07 bits per heavy atom. The molecule has 0 aromatic heterocycles. The number of carbonyl (C=O) groups is 3. The third-order valence-electron chi connectivity index (χ3n) is 8.82. The number of amides is 3. The highest BCUT2D eigenvalue weighted by molar-refractivity contribution is 9.09. The molecule has 2 aromatic rings. The average molecular weight is 637 g/mol. The molecular formula is C33H38BrN3O5. The maximum atomic E-state index is 14.7. The first kappa shape index (κ1) is 30.2. The van der Waals surface area contributed by atoms with Gasteiger partial charge in [-0.3, -0.25) is 14.4 Å². The molecule has 3 aliphatic heterocycles. The van der Waals surface area contributed by atoms with E-state index in [9.17, 15) is 19.5 Å². The van der Waals surface area contributed by atoms with Gasteiger partial charge in [-0.1, -0.05) is 88.7 Å². The molecule has 3 saturated heterocycles. The van der Waals surface area contributed by atoms with E-state index in [4.69, 9.17) is 4.74 Å². The Kier molecular flexibility index (Phi) is 9.01. The van der Waals surface area contributed by atoms with Gasteiger partial charge in [-0.15, -0.1) is 13.2 Å². The highest BCUT2D eigenvalue weighted by Gasteiger charge is 2.77. The largest absolute Gasteiger partial charge is 0.394 e. The molecule has 2 aromatic carbocycles. The summed E-state index contributed by atoms with van der Waals surface area (Å²) < 4.78 is 6.68. The topological polar surface area (TPSA) is 90.4 Å². The van der Waals surface area contributed by atoms with Gasteiger partial charge < -0.3 is 24.5 Å². The maximum absolute atomic E-state index is 14.7. The van der Waals surface area contributed by atoms with Crippen molar-refractivity contribution in [2.45, 2.75) is 48.0 Å². The van der Waals surface area contributed by atoms with Crippen LogP contribution in [0, 0.1) is 11.8 Å². The minimum absolute atomic E-state index is 0.215. The van der Waals surface area contributed by atoms with Gasteiger partial charge in [0, 0.05) is 31.5 Å². The van der Waals surface area contributed by atoms with Gasteiger partial charge in [0.2, 0.25) is 17.7 Å². The second-order valence-electron chi connectivity index (χ2n) is 11.4. The predicted octanol–water partition coefficient (Wildman–Crippen LogP) is 3.20. The van der Waals surface area contributed by atoms with E-state index >= 15 is 0 Å². The molecule has 42 heavy (non-hydrogen) atoms. The summed E-state index contributed by atoms with van der Waals surface area (Å²) in [4.78, 5) is 47.6. The number of aliphatic hydroxyl groups is 1. The van der Waals surface area contributed by atoms with Crippen molar-refractivity contribution in [3.63, 3.8) is 0 Å². The first-order chi connectivity index (χ1) is 20.3. The first-order valence-corrected chi connectivity index (χ1v) is 15.3. The van der Waals surface area contributed by atoms with E-state index in [1.807, 2.05) is 60.7 Å². The Labute approximate surface area is 255 Å². The van der Waals surface area contributed by atoms with Crippen LogP contribution in [0.25, 0.3) is 0 Å². The standard InChI is InChI=1S/C33H38BrN3O5/c1-4-16-35(3)30(39)26-27-31(40)37(24(21-38)18-22-12-8-6-9-13-22)29(33(27)19-25(34)28(26)42-33)32(41)36(17-5-2)20-23-14-10-7-11-15-23/h4-15,24-29,38H,1-2,16-21H2,3H3/t24-,25?,26+,27+,28+,29?,33?/m1/s1. The van der Waals surface area contributed by atoms with Crippen molar-refractivity contribution >= 4 is 33.7 Å². The van der Waals surface area contributed by atoms with Crippen molar-refractivity contribution in [2.24, 2.45) is 11.8 Å².